The molecule has 3 rings (SSSR count). The van der Waals surface area contributed by atoms with Crippen molar-refractivity contribution in [2.75, 3.05) is 20.1 Å². The Morgan fingerprint density at radius 1 is 0.889 bits per heavy atom. The van der Waals surface area contributed by atoms with E-state index in [-0.39, 0.29) is 30.0 Å². The van der Waals surface area contributed by atoms with Crippen LogP contribution >= 0.6 is 12.4 Å². The van der Waals surface area contributed by atoms with Gasteiger partial charge in [-0.1, -0.05) is 36.8 Å². The number of rotatable bonds is 8. The van der Waals surface area contributed by atoms with E-state index < -0.39 is 0 Å². The predicted octanol–water partition coefficient (Wildman–Crippen LogP) is 4.15. The van der Waals surface area contributed by atoms with Crippen LogP contribution in [0.3, 0.4) is 0 Å². The Kier molecular flexibility index (Phi) is 7.51. The molecule has 6 heteroatoms. The van der Waals surface area contributed by atoms with E-state index in [0.29, 0.717) is 29.8 Å². The monoisotopic (exact) mass is 390 g/mol. The second-order valence-electron chi connectivity index (χ2n) is 6.70. The third kappa shape index (κ3) is 4.93. The van der Waals surface area contributed by atoms with Crippen LogP contribution in [0.25, 0.3) is 0 Å². The summed E-state index contributed by atoms with van der Waals surface area (Å²) in [7, 11) is 1.97. The summed E-state index contributed by atoms with van der Waals surface area (Å²) in [6.45, 7) is 1.87. The van der Waals surface area contributed by atoms with Crippen molar-refractivity contribution in [3.05, 3.63) is 71.0 Å². The first kappa shape index (κ1) is 21.1. The molecule has 2 aromatic rings. The minimum atomic E-state index is -0.192. The first-order valence-corrected chi connectivity index (χ1v) is 8.95. The quantitative estimate of drug-likeness (QED) is 0.502. The van der Waals surface area contributed by atoms with Gasteiger partial charge in [-0.25, -0.2) is 4.39 Å². The van der Waals surface area contributed by atoms with Gasteiger partial charge in [0, 0.05) is 18.7 Å². The molecule has 144 valence electrons. The molecule has 0 N–H and O–H groups in total. The number of unbranched alkanes of at least 4 members (excludes halogenated alkanes) is 2. The molecule has 0 saturated heterocycles. The van der Waals surface area contributed by atoms with Gasteiger partial charge < -0.3 is 4.90 Å². The van der Waals surface area contributed by atoms with Gasteiger partial charge in [0.2, 0.25) is 0 Å². The Balaban J connectivity index is 0.00000261. The number of imide groups is 1. The molecule has 0 saturated carbocycles. The third-order valence-corrected chi connectivity index (χ3v) is 4.70. The van der Waals surface area contributed by atoms with Gasteiger partial charge in [-0.15, -0.1) is 12.4 Å². The topological polar surface area (TPSA) is 40.6 Å². The molecule has 0 aromatic heterocycles. The molecule has 0 fully saturated rings. The lowest BCUT2D eigenvalue weighted by molar-refractivity contribution is 0.0651. The highest BCUT2D eigenvalue weighted by Gasteiger charge is 2.34. The Morgan fingerprint density at radius 3 is 2.11 bits per heavy atom. The van der Waals surface area contributed by atoms with Crippen LogP contribution in [-0.2, 0) is 6.54 Å². The first-order chi connectivity index (χ1) is 12.6. The maximum Gasteiger partial charge on any atom is 0.261 e. The van der Waals surface area contributed by atoms with Crippen molar-refractivity contribution >= 4 is 24.2 Å². The zero-order chi connectivity index (χ0) is 18.5. The van der Waals surface area contributed by atoms with Crippen LogP contribution < -0.4 is 0 Å². The molecule has 0 radical (unpaired) electrons. The highest BCUT2D eigenvalue weighted by molar-refractivity contribution is 6.21. The smallest absolute Gasteiger partial charge is 0.261 e. The highest BCUT2D eigenvalue weighted by atomic mass is 35.5. The lowest BCUT2D eigenvalue weighted by Crippen LogP contribution is -2.30. The maximum absolute atomic E-state index is 13.7. The second kappa shape index (κ2) is 9.62. The highest BCUT2D eigenvalue weighted by Crippen LogP contribution is 2.22. The van der Waals surface area contributed by atoms with Crippen molar-refractivity contribution in [3.63, 3.8) is 0 Å². The Hall–Kier alpha value is -2.24. The zero-order valence-electron chi connectivity index (χ0n) is 15.4. The van der Waals surface area contributed by atoms with Crippen molar-refractivity contribution in [3.8, 4) is 0 Å². The van der Waals surface area contributed by atoms with Crippen molar-refractivity contribution < 1.29 is 14.0 Å². The van der Waals surface area contributed by atoms with E-state index >= 15 is 0 Å². The number of amides is 2. The summed E-state index contributed by atoms with van der Waals surface area (Å²) in [5.41, 5.74) is 1.70. The Morgan fingerprint density at radius 2 is 1.48 bits per heavy atom. The molecule has 0 aliphatic carbocycles. The van der Waals surface area contributed by atoms with E-state index in [9.17, 15) is 14.0 Å². The average Bonchev–Trinajstić information content (AvgIpc) is 2.88. The summed E-state index contributed by atoms with van der Waals surface area (Å²) >= 11 is 0. The minimum Gasteiger partial charge on any atom is -0.302 e. The molecule has 1 heterocycles. The van der Waals surface area contributed by atoms with Crippen LogP contribution in [0.2, 0.25) is 0 Å². The van der Waals surface area contributed by atoms with Crippen LogP contribution in [0.15, 0.2) is 48.5 Å². The molecule has 0 bridgehead atoms. The van der Waals surface area contributed by atoms with Gasteiger partial charge in [-0.05, 0) is 44.6 Å². The van der Waals surface area contributed by atoms with E-state index in [1.165, 1.54) is 11.0 Å². The van der Waals surface area contributed by atoms with E-state index in [2.05, 4.69) is 4.90 Å². The van der Waals surface area contributed by atoms with Gasteiger partial charge in [-0.2, -0.15) is 0 Å². The van der Waals surface area contributed by atoms with E-state index in [0.717, 1.165) is 25.8 Å². The summed E-state index contributed by atoms with van der Waals surface area (Å²) in [4.78, 5) is 28.0. The second-order valence-corrected chi connectivity index (χ2v) is 6.70. The van der Waals surface area contributed by atoms with Gasteiger partial charge in [0.05, 0.1) is 11.1 Å². The van der Waals surface area contributed by atoms with Gasteiger partial charge in [0.1, 0.15) is 5.82 Å². The number of hydrogen-bond acceptors (Lipinski definition) is 3. The number of carbonyl (C=O) groups is 2. The molecular weight excluding hydrogens is 367 g/mol. The van der Waals surface area contributed by atoms with Crippen molar-refractivity contribution in [2.24, 2.45) is 0 Å². The van der Waals surface area contributed by atoms with Gasteiger partial charge in [0.15, 0.2) is 0 Å². The van der Waals surface area contributed by atoms with Gasteiger partial charge >= 0.3 is 0 Å². The lowest BCUT2D eigenvalue weighted by atomic mass is 10.1. The number of hydrogen-bond donors (Lipinski definition) is 0. The molecule has 0 spiro atoms. The average molecular weight is 391 g/mol. The van der Waals surface area contributed by atoms with E-state index in [4.69, 9.17) is 0 Å². The first-order valence-electron chi connectivity index (χ1n) is 8.95. The molecule has 0 unspecified atom stereocenters. The fourth-order valence-corrected chi connectivity index (χ4v) is 3.27. The van der Waals surface area contributed by atoms with Crippen LogP contribution in [0, 0.1) is 5.82 Å². The minimum absolute atomic E-state index is 0. The molecule has 1 aliphatic heterocycles. The van der Waals surface area contributed by atoms with E-state index in [1.54, 1.807) is 36.4 Å². The van der Waals surface area contributed by atoms with Crippen LogP contribution in [-0.4, -0.2) is 41.8 Å². The van der Waals surface area contributed by atoms with Crippen LogP contribution in [0.4, 0.5) is 4.39 Å². The Labute approximate surface area is 165 Å². The third-order valence-electron chi connectivity index (χ3n) is 4.70. The normalized spacial score (nSPS) is 13.1. The van der Waals surface area contributed by atoms with Crippen molar-refractivity contribution in [2.45, 2.75) is 25.8 Å². The molecule has 0 atom stereocenters. The van der Waals surface area contributed by atoms with Crippen LogP contribution in [0.1, 0.15) is 45.5 Å². The van der Waals surface area contributed by atoms with Gasteiger partial charge in [-0.3, -0.25) is 14.5 Å². The molecule has 2 aromatic carbocycles. The maximum atomic E-state index is 13.7. The molecule has 27 heavy (non-hydrogen) atoms. The lowest BCUT2D eigenvalue weighted by Gasteiger charge is -2.17. The molecular formula is C21H24ClFN2O2. The summed E-state index contributed by atoms with van der Waals surface area (Å²) in [6.07, 6.45) is 2.63. The van der Waals surface area contributed by atoms with Gasteiger partial charge in [0.25, 0.3) is 11.8 Å². The predicted molar refractivity (Wildman–Crippen MR) is 106 cm³/mol. The van der Waals surface area contributed by atoms with Crippen molar-refractivity contribution in [1.82, 2.24) is 9.80 Å². The zero-order valence-corrected chi connectivity index (χ0v) is 16.2. The SMILES string of the molecule is CN(CCCCCN1C(=O)c2ccccc2C1=O)Cc1ccccc1F.Cl. The molecule has 2 amide bonds. The summed E-state index contributed by atoms with van der Waals surface area (Å²) in [5, 5.41) is 0. The number of halogens is 2. The number of carbonyl (C=O) groups excluding carboxylic acids is 2. The molecule has 1 aliphatic rings. The number of nitrogens with zero attached hydrogens (tertiary/aromatic N) is 2. The van der Waals surface area contributed by atoms with E-state index in [1.807, 2.05) is 13.1 Å². The Bertz CT molecular complexity index is 777. The summed E-state index contributed by atoms with van der Waals surface area (Å²) in [5.74, 6) is -0.561. The van der Waals surface area contributed by atoms with Crippen LogP contribution in [0.5, 0.6) is 0 Å². The fraction of sp³-hybridized carbons (Fsp3) is 0.333. The molecule has 4 nitrogen and oxygen atoms in total. The largest absolute Gasteiger partial charge is 0.302 e. The number of fused-ring (bicyclic) bond motifs is 1. The van der Waals surface area contributed by atoms with Crippen molar-refractivity contribution in [1.29, 1.82) is 0 Å². The summed E-state index contributed by atoms with van der Waals surface area (Å²) in [6, 6.07) is 13.8. The summed E-state index contributed by atoms with van der Waals surface area (Å²) < 4.78 is 13.7. The standard InChI is InChI=1S/C21H23FN2O2.ClH/c1-23(15-16-9-3-6-12-19(16)22)13-7-2-8-14-24-20(25)17-10-4-5-11-18(17)21(24)26;/h3-6,9-12H,2,7-8,13-15H2,1H3;1H. The fourth-order valence-electron chi connectivity index (χ4n) is 3.27. The number of benzene rings is 2.